The molecule has 0 aromatic carbocycles. The molecule has 1 aromatic heterocycles. The van der Waals surface area contributed by atoms with Crippen molar-refractivity contribution in [1.29, 1.82) is 0 Å². The minimum absolute atomic E-state index is 0.0268. The van der Waals surface area contributed by atoms with Gasteiger partial charge in [0.05, 0.1) is 12.5 Å². The van der Waals surface area contributed by atoms with Gasteiger partial charge in [-0.15, -0.1) is 0 Å². The third kappa shape index (κ3) is 3.96. The van der Waals surface area contributed by atoms with Gasteiger partial charge in [0.25, 0.3) is 0 Å². The number of likely N-dealkylation sites (N-methyl/N-ethyl adjacent to an activating group) is 1. The van der Waals surface area contributed by atoms with Crippen LogP contribution >= 0.6 is 11.6 Å². The molecule has 1 N–H and O–H groups in total. The number of nitrogens with zero attached hydrogens (tertiary/aromatic N) is 4. The Kier molecular flexibility index (Phi) is 5.59. The summed E-state index contributed by atoms with van der Waals surface area (Å²) >= 11 is 5.90. The van der Waals surface area contributed by atoms with E-state index in [-0.39, 0.29) is 36.1 Å². The summed E-state index contributed by atoms with van der Waals surface area (Å²) < 4.78 is 39.0. The number of allylic oxidation sites excluding steroid dienone is 2. The zero-order valence-corrected chi connectivity index (χ0v) is 15.5. The minimum Gasteiger partial charge on any atom is -0.350 e. The van der Waals surface area contributed by atoms with Crippen LogP contribution in [0.3, 0.4) is 0 Å². The number of hydrogen-bond donors (Lipinski definition) is 1. The lowest BCUT2D eigenvalue weighted by molar-refractivity contribution is -0.161. The van der Waals surface area contributed by atoms with E-state index < -0.39 is 30.1 Å². The van der Waals surface area contributed by atoms with Crippen molar-refractivity contribution in [2.75, 3.05) is 25.0 Å². The standard InChI is InChI=1S/C17H17ClF3N5O2/c1-25-12(9-26(16(25)28)15-22-6-3-7-23-15)14(27)24-8-10-4-2-5-11(13(10)18)17(19,20)21/h2-4,6-7,11-12H,5,8-9H2,1H3,(H,24,27). The number of carbonyl (C=O) groups excluding carboxylic acids is 2. The Labute approximate surface area is 163 Å². The van der Waals surface area contributed by atoms with Crippen LogP contribution in [0.4, 0.5) is 23.9 Å². The molecule has 7 nitrogen and oxygen atoms in total. The molecule has 2 atom stereocenters. The van der Waals surface area contributed by atoms with E-state index in [0.717, 1.165) is 0 Å². The summed E-state index contributed by atoms with van der Waals surface area (Å²) in [6.45, 7) is -0.139. The van der Waals surface area contributed by atoms with Gasteiger partial charge in [-0.1, -0.05) is 23.8 Å². The molecule has 0 saturated carbocycles. The van der Waals surface area contributed by atoms with Gasteiger partial charge in [0.15, 0.2) is 0 Å². The van der Waals surface area contributed by atoms with Gasteiger partial charge in [-0.05, 0) is 18.1 Å². The van der Waals surface area contributed by atoms with Gasteiger partial charge in [-0.2, -0.15) is 13.2 Å². The molecular formula is C17H17ClF3N5O2. The van der Waals surface area contributed by atoms with Crippen LogP contribution in [0.2, 0.25) is 0 Å². The highest BCUT2D eigenvalue weighted by molar-refractivity contribution is 6.30. The fraction of sp³-hybridized carbons (Fsp3) is 0.412. The lowest BCUT2D eigenvalue weighted by atomic mass is 9.95. The number of amides is 3. The van der Waals surface area contributed by atoms with Crippen LogP contribution in [0.1, 0.15) is 6.42 Å². The molecule has 1 fully saturated rings. The van der Waals surface area contributed by atoms with Gasteiger partial charge in [-0.25, -0.2) is 14.8 Å². The minimum atomic E-state index is -4.45. The first-order valence-electron chi connectivity index (χ1n) is 8.41. The average Bonchev–Trinajstić information content (AvgIpc) is 2.96. The first-order valence-corrected chi connectivity index (χ1v) is 8.78. The van der Waals surface area contributed by atoms with E-state index in [1.54, 1.807) is 6.07 Å². The van der Waals surface area contributed by atoms with E-state index in [2.05, 4.69) is 15.3 Å². The van der Waals surface area contributed by atoms with Gasteiger partial charge in [0.1, 0.15) is 6.04 Å². The second-order valence-corrected chi connectivity index (χ2v) is 6.80. The molecule has 3 amide bonds. The zero-order chi connectivity index (χ0) is 20.5. The summed E-state index contributed by atoms with van der Waals surface area (Å²) in [5, 5.41) is 2.23. The van der Waals surface area contributed by atoms with Crippen LogP contribution in [0.5, 0.6) is 0 Å². The highest BCUT2D eigenvalue weighted by atomic mass is 35.5. The number of alkyl halides is 3. The summed E-state index contributed by atoms with van der Waals surface area (Å²) in [4.78, 5) is 35.4. The number of rotatable bonds is 4. The second kappa shape index (κ2) is 7.78. The number of urea groups is 1. The molecule has 2 unspecified atom stereocenters. The largest absolute Gasteiger partial charge is 0.396 e. The van der Waals surface area contributed by atoms with Crippen molar-refractivity contribution >= 4 is 29.5 Å². The Morgan fingerprint density at radius 2 is 2.04 bits per heavy atom. The maximum atomic E-state index is 13.0. The fourth-order valence-electron chi connectivity index (χ4n) is 3.03. The van der Waals surface area contributed by atoms with Crippen LogP contribution < -0.4 is 10.2 Å². The predicted molar refractivity (Wildman–Crippen MR) is 95.5 cm³/mol. The van der Waals surface area contributed by atoms with Gasteiger partial charge in [0, 0.05) is 31.0 Å². The van der Waals surface area contributed by atoms with Crippen LogP contribution in [-0.2, 0) is 4.79 Å². The van der Waals surface area contributed by atoms with Crippen LogP contribution in [0, 0.1) is 5.92 Å². The van der Waals surface area contributed by atoms with Gasteiger partial charge >= 0.3 is 12.2 Å². The van der Waals surface area contributed by atoms with Crippen LogP contribution in [0.15, 0.2) is 41.2 Å². The molecule has 0 bridgehead atoms. The van der Waals surface area contributed by atoms with E-state index in [1.807, 2.05) is 0 Å². The Morgan fingerprint density at radius 3 is 2.68 bits per heavy atom. The summed E-state index contributed by atoms with van der Waals surface area (Å²) in [6.07, 6.45) is 1.12. The van der Waals surface area contributed by atoms with Crippen LogP contribution in [0.25, 0.3) is 0 Å². The first kappa shape index (κ1) is 20.1. The summed E-state index contributed by atoms with van der Waals surface area (Å²) in [5.41, 5.74) is 0.193. The van der Waals surface area contributed by atoms with Crippen molar-refractivity contribution in [2.24, 2.45) is 5.92 Å². The third-order valence-corrected chi connectivity index (χ3v) is 5.11. The quantitative estimate of drug-likeness (QED) is 0.819. The first-order chi connectivity index (χ1) is 13.2. The SMILES string of the molecule is CN1C(=O)N(c2ncccn2)CC1C(=O)NCC1=C(Cl)C(C(F)(F)F)CC=C1. The maximum Gasteiger partial charge on any atom is 0.396 e. The lowest BCUT2D eigenvalue weighted by Gasteiger charge is -2.24. The lowest BCUT2D eigenvalue weighted by Crippen LogP contribution is -2.44. The molecule has 1 saturated heterocycles. The zero-order valence-electron chi connectivity index (χ0n) is 14.8. The highest BCUT2D eigenvalue weighted by Gasteiger charge is 2.43. The van der Waals surface area contributed by atoms with Crippen molar-refractivity contribution in [3.05, 3.63) is 41.2 Å². The number of carbonyl (C=O) groups is 2. The highest BCUT2D eigenvalue weighted by Crippen LogP contribution is 2.40. The van der Waals surface area contributed by atoms with Crippen molar-refractivity contribution in [1.82, 2.24) is 20.2 Å². The predicted octanol–water partition coefficient (Wildman–Crippen LogP) is 2.46. The molecule has 28 heavy (non-hydrogen) atoms. The van der Waals surface area contributed by atoms with E-state index in [1.165, 1.54) is 41.4 Å². The van der Waals surface area contributed by atoms with Crippen molar-refractivity contribution < 1.29 is 22.8 Å². The number of halogens is 4. The molecule has 0 spiro atoms. The number of hydrogen-bond acceptors (Lipinski definition) is 4. The van der Waals surface area contributed by atoms with Gasteiger partial charge in [-0.3, -0.25) is 9.69 Å². The molecule has 0 radical (unpaired) electrons. The molecule has 1 aliphatic heterocycles. The monoisotopic (exact) mass is 415 g/mol. The third-order valence-electron chi connectivity index (χ3n) is 4.60. The Hall–Kier alpha value is -2.62. The van der Waals surface area contributed by atoms with Crippen molar-refractivity contribution in [3.63, 3.8) is 0 Å². The van der Waals surface area contributed by atoms with E-state index >= 15 is 0 Å². The number of aromatic nitrogens is 2. The van der Waals surface area contributed by atoms with E-state index in [0.29, 0.717) is 0 Å². The second-order valence-electron chi connectivity index (χ2n) is 6.39. The molecule has 11 heteroatoms. The fourth-order valence-corrected chi connectivity index (χ4v) is 3.37. The number of nitrogens with one attached hydrogen (secondary N) is 1. The molecule has 1 aromatic rings. The van der Waals surface area contributed by atoms with Gasteiger partial charge < -0.3 is 10.2 Å². The molecule has 150 valence electrons. The van der Waals surface area contributed by atoms with E-state index in [4.69, 9.17) is 11.6 Å². The van der Waals surface area contributed by atoms with Gasteiger partial charge in [0.2, 0.25) is 11.9 Å². The van der Waals surface area contributed by atoms with Crippen molar-refractivity contribution in [2.45, 2.75) is 18.6 Å². The smallest absolute Gasteiger partial charge is 0.350 e. The topological polar surface area (TPSA) is 78.4 Å². The molecule has 1 aliphatic carbocycles. The van der Waals surface area contributed by atoms with Crippen molar-refractivity contribution in [3.8, 4) is 0 Å². The maximum absolute atomic E-state index is 13.0. The molecule has 2 aliphatic rings. The Bertz CT molecular complexity index is 828. The Morgan fingerprint density at radius 1 is 1.36 bits per heavy atom. The summed E-state index contributed by atoms with van der Waals surface area (Å²) in [5.74, 6) is -2.11. The van der Waals surface area contributed by atoms with Crippen LogP contribution in [-0.4, -0.2) is 59.2 Å². The molecule has 2 heterocycles. The number of anilines is 1. The average molecular weight is 416 g/mol. The summed E-state index contributed by atoms with van der Waals surface area (Å²) in [6, 6.07) is 0.321. The normalized spacial score (nSPS) is 22.8. The van der Waals surface area contributed by atoms with E-state index in [9.17, 15) is 22.8 Å². The molecular weight excluding hydrogens is 399 g/mol. The summed E-state index contributed by atoms with van der Waals surface area (Å²) in [7, 11) is 1.46. The molecule has 3 rings (SSSR count). The Balaban J connectivity index is 1.67.